The summed E-state index contributed by atoms with van der Waals surface area (Å²) in [7, 11) is 4.11. The van der Waals surface area contributed by atoms with E-state index in [1.807, 2.05) is 20.8 Å². The maximum Gasteiger partial charge on any atom is 0.315 e. The van der Waals surface area contributed by atoms with Crippen LogP contribution in [-0.2, 0) is 12.8 Å². The molecule has 1 aromatic heterocycles. The third-order valence-corrected chi connectivity index (χ3v) is 5.47. The van der Waals surface area contributed by atoms with Crippen molar-refractivity contribution >= 4 is 17.8 Å². The first-order chi connectivity index (χ1) is 13.2. The molecule has 2 amide bonds. The maximum absolute atomic E-state index is 12.1. The fraction of sp³-hybridized carbons (Fsp3) is 0.762. The van der Waals surface area contributed by atoms with E-state index >= 15 is 0 Å². The Morgan fingerprint density at radius 1 is 1.00 bits per heavy atom. The molecular formula is C21H36N6O. The van der Waals surface area contributed by atoms with E-state index in [-0.39, 0.29) is 17.6 Å². The van der Waals surface area contributed by atoms with E-state index in [4.69, 9.17) is 9.97 Å². The molecule has 28 heavy (non-hydrogen) atoms. The first-order valence-corrected chi connectivity index (χ1v) is 10.6. The highest BCUT2D eigenvalue weighted by atomic mass is 16.2. The van der Waals surface area contributed by atoms with Crippen LogP contribution in [0.1, 0.15) is 70.6 Å². The van der Waals surface area contributed by atoms with E-state index in [0.717, 1.165) is 50.3 Å². The Morgan fingerprint density at radius 2 is 1.64 bits per heavy atom. The number of anilines is 2. The van der Waals surface area contributed by atoms with E-state index in [1.165, 1.54) is 24.1 Å². The van der Waals surface area contributed by atoms with Gasteiger partial charge in [0, 0.05) is 37.3 Å². The largest absolute Gasteiger partial charge is 0.362 e. The molecule has 0 radical (unpaired) electrons. The number of aromatic nitrogens is 2. The second-order valence-electron chi connectivity index (χ2n) is 9.44. The molecule has 0 saturated heterocycles. The smallest absolute Gasteiger partial charge is 0.315 e. The van der Waals surface area contributed by atoms with Crippen molar-refractivity contribution in [1.82, 2.24) is 20.6 Å². The molecule has 1 aromatic rings. The number of carbonyl (C=O) groups excluding carboxylic acids is 1. The number of hydrogen-bond donors (Lipinski definition) is 3. The van der Waals surface area contributed by atoms with Crippen molar-refractivity contribution in [2.45, 2.75) is 89.8 Å². The van der Waals surface area contributed by atoms with Gasteiger partial charge in [0.1, 0.15) is 5.82 Å². The summed E-state index contributed by atoms with van der Waals surface area (Å²) in [6.45, 7) is 5.98. The van der Waals surface area contributed by atoms with E-state index in [2.05, 4.69) is 34.9 Å². The Hall–Kier alpha value is -2.05. The minimum Gasteiger partial charge on any atom is -0.362 e. The van der Waals surface area contributed by atoms with Crippen molar-refractivity contribution in [2.75, 3.05) is 24.3 Å². The van der Waals surface area contributed by atoms with Crippen LogP contribution in [0.3, 0.4) is 0 Å². The molecule has 2 aliphatic carbocycles. The van der Waals surface area contributed by atoms with Gasteiger partial charge in [0.05, 0.1) is 5.69 Å². The first-order valence-electron chi connectivity index (χ1n) is 10.6. The van der Waals surface area contributed by atoms with Crippen molar-refractivity contribution in [2.24, 2.45) is 0 Å². The first kappa shape index (κ1) is 20.7. The highest BCUT2D eigenvalue weighted by molar-refractivity contribution is 5.75. The van der Waals surface area contributed by atoms with Crippen molar-refractivity contribution < 1.29 is 4.79 Å². The van der Waals surface area contributed by atoms with E-state index in [1.54, 1.807) is 0 Å². The van der Waals surface area contributed by atoms with Crippen molar-refractivity contribution in [1.29, 1.82) is 0 Å². The summed E-state index contributed by atoms with van der Waals surface area (Å²) >= 11 is 0. The molecule has 1 saturated carbocycles. The zero-order valence-electron chi connectivity index (χ0n) is 18.1. The van der Waals surface area contributed by atoms with Gasteiger partial charge in [-0.05, 0) is 72.1 Å². The number of fused-ring (bicyclic) bond motifs is 1. The summed E-state index contributed by atoms with van der Waals surface area (Å²) in [5.41, 5.74) is 2.32. The fourth-order valence-electron chi connectivity index (χ4n) is 4.14. The normalized spacial score (nSPS) is 22.2. The lowest BCUT2D eigenvalue weighted by molar-refractivity contribution is 0.223. The van der Waals surface area contributed by atoms with Crippen LogP contribution < -0.4 is 20.9 Å². The second kappa shape index (κ2) is 8.53. The number of aryl methyl sites for hydroxylation is 1. The Bertz CT molecular complexity index is 689. The van der Waals surface area contributed by atoms with Gasteiger partial charge in [-0.1, -0.05) is 0 Å². The molecule has 3 rings (SSSR count). The predicted molar refractivity (Wildman–Crippen MR) is 114 cm³/mol. The number of urea groups is 1. The van der Waals surface area contributed by atoms with E-state index < -0.39 is 0 Å². The van der Waals surface area contributed by atoms with Crippen LogP contribution in [0, 0.1) is 0 Å². The average Bonchev–Trinajstić information content (AvgIpc) is 2.61. The highest BCUT2D eigenvalue weighted by Gasteiger charge is 2.25. The Morgan fingerprint density at radius 3 is 2.29 bits per heavy atom. The molecular weight excluding hydrogens is 352 g/mol. The van der Waals surface area contributed by atoms with Gasteiger partial charge in [-0.15, -0.1) is 0 Å². The summed E-state index contributed by atoms with van der Waals surface area (Å²) in [6.07, 6.45) is 8.54. The molecule has 0 unspecified atom stereocenters. The van der Waals surface area contributed by atoms with Gasteiger partial charge < -0.3 is 20.9 Å². The number of nitrogens with one attached hydrogen (secondary N) is 3. The lowest BCUT2D eigenvalue weighted by Gasteiger charge is -2.31. The molecule has 2 aliphatic rings. The fourth-order valence-corrected chi connectivity index (χ4v) is 4.14. The van der Waals surface area contributed by atoms with Gasteiger partial charge in [0.25, 0.3) is 0 Å². The van der Waals surface area contributed by atoms with Crippen molar-refractivity contribution in [3.05, 3.63) is 11.3 Å². The summed E-state index contributed by atoms with van der Waals surface area (Å²) in [6, 6.07) is 0.528. The Balaban J connectivity index is 1.56. The molecule has 0 spiro atoms. The molecule has 1 fully saturated rings. The topological polar surface area (TPSA) is 82.2 Å². The molecule has 7 nitrogen and oxygen atoms in total. The predicted octanol–water partition coefficient (Wildman–Crippen LogP) is 3.24. The van der Waals surface area contributed by atoms with Crippen LogP contribution >= 0.6 is 0 Å². The van der Waals surface area contributed by atoms with Gasteiger partial charge in [-0.3, -0.25) is 0 Å². The summed E-state index contributed by atoms with van der Waals surface area (Å²) in [4.78, 5) is 23.8. The summed E-state index contributed by atoms with van der Waals surface area (Å²) < 4.78 is 0. The van der Waals surface area contributed by atoms with E-state index in [9.17, 15) is 4.79 Å². The zero-order valence-corrected chi connectivity index (χ0v) is 18.1. The minimum atomic E-state index is -0.212. The van der Waals surface area contributed by atoms with Crippen LogP contribution in [0.5, 0.6) is 0 Å². The lowest BCUT2D eigenvalue weighted by Crippen LogP contribution is -2.50. The SMILES string of the molecule is CN(C)c1nc(N[C@H]2CC[C@@H](NC(=O)NC(C)(C)C)CC2)nc2c1CCCC2. The number of hydrogen-bond acceptors (Lipinski definition) is 5. The van der Waals surface area contributed by atoms with Crippen LogP contribution in [0.2, 0.25) is 0 Å². The molecule has 0 aromatic carbocycles. The van der Waals surface area contributed by atoms with Crippen molar-refractivity contribution in [3.63, 3.8) is 0 Å². The Kier molecular flexibility index (Phi) is 6.30. The van der Waals surface area contributed by atoms with Crippen molar-refractivity contribution in [3.8, 4) is 0 Å². The second-order valence-corrected chi connectivity index (χ2v) is 9.44. The number of carbonyl (C=O) groups is 1. The number of amides is 2. The lowest BCUT2D eigenvalue weighted by atomic mass is 9.91. The molecule has 7 heteroatoms. The Labute approximate surface area is 169 Å². The summed E-state index contributed by atoms with van der Waals surface area (Å²) in [5, 5.41) is 9.64. The third-order valence-electron chi connectivity index (χ3n) is 5.47. The highest BCUT2D eigenvalue weighted by Crippen LogP contribution is 2.29. The molecule has 0 bridgehead atoms. The minimum absolute atomic E-state index is 0.0717. The van der Waals surface area contributed by atoms with Crippen LogP contribution in [-0.4, -0.2) is 47.7 Å². The van der Waals surface area contributed by atoms with Gasteiger partial charge in [0.15, 0.2) is 0 Å². The number of rotatable bonds is 4. The van der Waals surface area contributed by atoms with Crippen LogP contribution in [0.4, 0.5) is 16.6 Å². The van der Waals surface area contributed by atoms with Crippen LogP contribution in [0.25, 0.3) is 0 Å². The number of nitrogens with zero attached hydrogens (tertiary/aromatic N) is 3. The van der Waals surface area contributed by atoms with Crippen LogP contribution in [0.15, 0.2) is 0 Å². The monoisotopic (exact) mass is 388 g/mol. The average molecular weight is 389 g/mol. The van der Waals surface area contributed by atoms with Gasteiger partial charge >= 0.3 is 6.03 Å². The molecule has 0 atom stereocenters. The van der Waals surface area contributed by atoms with Gasteiger partial charge in [-0.25, -0.2) is 9.78 Å². The van der Waals surface area contributed by atoms with Gasteiger partial charge in [0.2, 0.25) is 5.95 Å². The standard InChI is InChI=1S/C21H36N6O/c1-21(2,3)26-20(28)23-15-12-10-14(11-13-15)22-19-24-17-9-7-6-8-16(17)18(25-19)27(4)5/h14-15H,6-13H2,1-5H3,(H,22,24,25)(H2,23,26,28)/t14-,15+. The van der Waals surface area contributed by atoms with E-state index in [0.29, 0.717) is 6.04 Å². The van der Waals surface area contributed by atoms with Gasteiger partial charge in [-0.2, -0.15) is 4.98 Å². The molecule has 156 valence electrons. The molecule has 0 aliphatic heterocycles. The summed E-state index contributed by atoms with van der Waals surface area (Å²) in [5.74, 6) is 1.81. The zero-order chi connectivity index (χ0) is 20.3. The maximum atomic E-state index is 12.1. The molecule has 3 N–H and O–H groups in total. The third kappa shape index (κ3) is 5.49. The molecule has 1 heterocycles. The quantitative estimate of drug-likeness (QED) is 0.738.